The monoisotopic (exact) mass is 1180 g/mol. The first-order valence-corrected chi connectivity index (χ1v) is 24.0. The van der Waals surface area contributed by atoms with Crippen molar-refractivity contribution in [2.45, 2.75) is 18.9 Å². The van der Waals surface area contributed by atoms with Gasteiger partial charge in [-0.1, -0.05) is 48.0 Å². The molecule has 424 valence electrons. The highest BCUT2D eigenvalue weighted by Gasteiger charge is 2.50. The normalized spacial score (nSPS) is 14.7. The van der Waals surface area contributed by atoms with Crippen molar-refractivity contribution in [2.75, 3.05) is 5.01 Å². The molecule has 3 aliphatic rings. The summed E-state index contributed by atoms with van der Waals surface area (Å²) >= 11 is 0. The number of aryl methyl sites for hydroxylation is 1. The van der Waals surface area contributed by atoms with E-state index in [2.05, 4.69) is 19.9 Å². The van der Waals surface area contributed by atoms with E-state index in [0.717, 1.165) is 5.01 Å². The standard InChI is InChI=1S/C58H22F20N6/c1-17-7-9-18(10-8-17)55-34-56-28(32-39(63)47(71)53(77)48(72)40(32)64)24-15-13-22(80-24)26(30-35(59)43(67)51(75)44(68)36(30)60)20-11-12-21(79-20)27(31-37(61)45(69)52(76)46(70)38(31)62)23-14-16-25(81-23)29(33-41(65)49(73)54(78)50(74)42(33)66)57(82-56)58(34)84(83-55)19-5-3-2-4-6-19/h2-16,34,58,80-81H,1H3/t34-,58-/m0/s1. The number of rotatable bonds is 6. The molecule has 2 atom stereocenters. The molecule has 0 saturated carbocycles. The summed E-state index contributed by atoms with van der Waals surface area (Å²) in [6, 6.07) is 13.4. The molecule has 26 heteroatoms. The molecule has 6 heterocycles. The molecular weight excluding hydrogens is 1160 g/mol. The number of halogens is 20. The largest absolute Gasteiger partial charge is 0.354 e. The van der Waals surface area contributed by atoms with Crippen molar-refractivity contribution in [1.29, 1.82) is 0 Å². The predicted molar refractivity (Wildman–Crippen MR) is 263 cm³/mol. The lowest BCUT2D eigenvalue weighted by Crippen LogP contribution is -2.22. The van der Waals surface area contributed by atoms with Gasteiger partial charge in [-0.25, -0.2) is 92.8 Å². The summed E-state index contributed by atoms with van der Waals surface area (Å²) in [6.07, 6.45) is 1.23. The Hall–Kier alpha value is -9.75. The maximum atomic E-state index is 16.9. The summed E-state index contributed by atoms with van der Waals surface area (Å²) in [4.78, 5) is 13.4. The van der Waals surface area contributed by atoms with E-state index in [1.807, 2.05) is 0 Å². The zero-order chi connectivity index (χ0) is 60.0. The third kappa shape index (κ3) is 7.92. The predicted octanol–water partition coefficient (Wildman–Crippen LogP) is 17.0. The number of hydrazone groups is 1. The fourth-order valence-corrected chi connectivity index (χ4v) is 10.4. The van der Waals surface area contributed by atoms with E-state index in [9.17, 15) is 8.78 Å². The van der Waals surface area contributed by atoms with Crippen LogP contribution in [0.4, 0.5) is 93.5 Å². The molecule has 0 radical (unpaired) electrons. The summed E-state index contributed by atoms with van der Waals surface area (Å²) < 4.78 is 317. The average Bonchev–Trinajstić information content (AvgIpc) is 1.87. The number of anilines is 1. The third-order valence-electron chi connectivity index (χ3n) is 14.2. The van der Waals surface area contributed by atoms with Gasteiger partial charge in [-0.05, 0) is 61.0 Å². The highest BCUT2D eigenvalue weighted by molar-refractivity contribution is 6.10. The lowest BCUT2D eigenvalue weighted by Gasteiger charge is -2.25. The van der Waals surface area contributed by atoms with Gasteiger partial charge in [0.15, 0.2) is 93.1 Å². The Morgan fingerprint density at radius 1 is 0.333 bits per heavy atom. The quantitative estimate of drug-likeness (QED) is 0.0990. The number of aromatic amines is 2. The van der Waals surface area contributed by atoms with E-state index < -0.39 is 218 Å². The van der Waals surface area contributed by atoms with Gasteiger partial charge in [-0.15, -0.1) is 0 Å². The Bertz CT molecular complexity index is 4530. The molecule has 0 unspecified atom stereocenters. The van der Waals surface area contributed by atoms with Crippen molar-refractivity contribution in [3.8, 4) is 44.5 Å². The summed E-state index contributed by atoms with van der Waals surface area (Å²) in [5, 5.41) is 5.76. The lowest BCUT2D eigenvalue weighted by molar-refractivity contribution is 0.381. The van der Waals surface area contributed by atoms with Crippen LogP contribution in [0.5, 0.6) is 0 Å². The Morgan fingerprint density at radius 2 is 0.655 bits per heavy atom. The van der Waals surface area contributed by atoms with Gasteiger partial charge in [0.2, 0.25) is 23.3 Å². The number of para-hydroxylation sites is 1. The Balaban J connectivity index is 1.41. The average molecular weight is 1180 g/mol. The number of H-pyrrole nitrogens is 2. The summed E-state index contributed by atoms with van der Waals surface area (Å²) in [7, 11) is 0. The minimum atomic E-state index is -2.74. The molecule has 6 nitrogen and oxygen atoms in total. The van der Waals surface area contributed by atoms with Crippen LogP contribution in [-0.2, 0) is 0 Å². The van der Waals surface area contributed by atoms with Crippen LogP contribution >= 0.6 is 0 Å². The number of nitrogens with one attached hydrogen (secondary N) is 2. The smallest absolute Gasteiger partial charge is 0.200 e. The van der Waals surface area contributed by atoms with Crippen LogP contribution in [0.15, 0.2) is 84.0 Å². The van der Waals surface area contributed by atoms with E-state index in [4.69, 9.17) is 5.10 Å². The zero-order valence-corrected chi connectivity index (χ0v) is 41.2. The molecule has 0 saturated heterocycles. The van der Waals surface area contributed by atoms with Crippen molar-refractivity contribution in [3.63, 3.8) is 0 Å². The molecule has 84 heavy (non-hydrogen) atoms. The summed E-state index contributed by atoms with van der Waals surface area (Å²) in [5.74, 6) is -55.0. The molecule has 0 fully saturated rings. The zero-order valence-electron chi connectivity index (χ0n) is 41.2. The first kappa shape index (κ1) is 54.8. The van der Waals surface area contributed by atoms with Gasteiger partial charge in [-0.3, -0.25) is 9.99 Å². The number of benzene rings is 6. The molecule has 6 aromatic carbocycles. The second-order valence-electron chi connectivity index (χ2n) is 18.9. The van der Waals surface area contributed by atoms with E-state index in [1.54, 1.807) is 6.92 Å². The molecule has 3 aliphatic heterocycles. The molecule has 2 N–H and O–H groups in total. The molecule has 0 spiro atoms. The topological polar surface area (TPSA) is 73.0 Å². The van der Waals surface area contributed by atoms with Crippen LogP contribution in [-0.4, -0.2) is 25.6 Å². The van der Waals surface area contributed by atoms with Crippen molar-refractivity contribution >= 4 is 45.6 Å². The fourth-order valence-electron chi connectivity index (χ4n) is 10.4. The molecule has 8 bridgehead atoms. The lowest BCUT2D eigenvalue weighted by atomic mass is 9.84. The van der Waals surface area contributed by atoms with Gasteiger partial charge < -0.3 is 9.97 Å². The third-order valence-corrected chi connectivity index (χ3v) is 14.2. The Labute approximate surface area is 454 Å². The van der Waals surface area contributed by atoms with E-state index in [0.29, 0.717) is 42.0 Å². The van der Waals surface area contributed by atoms with E-state index in [-0.39, 0.29) is 17.0 Å². The van der Waals surface area contributed by atoms with Gasteiger partial charge in [0, 0.05) is 44.3 Å². The SMILES string of the molecule is Cc1ccc(C2=NN(c3ccccc3)[C@@H]3c4nc(c(-c5c(F)c(F)c(F)c(F)c5F)c5ccc([nH]5)c(-c5c(F)c(F)c(F)c(F)c5F)c5nc(c(-c6c(F)c(F)c(F)c(F)c6F)c6ccc([nH]6)c4-c4c(F)c(F)c(F)c(F)c4F)C=C5)[C@H]23)cc1. The highest BCUT2D eigenvalue weighted by atomic mass is 19.2. The van der Waals surface area contributed by atoms with E-state index in [1.165, 1.54) is 54.6 Å². The first-order chi connectivity index (χ1) is 39.9. The molecule has 9 aromatic rings. The van der Waals surface area contributed by atoms with Gasteiger partial charge in [0.05, 0.1) is 62.3 Å². The number of hydrogen-bond acceptors (Lipinski definition) is 4. The minimum Gasteiger partial charge on any atom is -0.354 e. The van der Waals surface area contributed by atoms with Crippen LogP contribution in [0.3, 0.4) is 0 Å². The van der Waals surface area contributed by atoms with Crippen LogP contribution < -0.4 is 5.01 Å². The summed E-state index contributed by atoms with van der Waals surface area (Å²) in [6.45, 7) is 1.62. The molecule has 0 aliphatic carbocycles. The minimum absolute atomic E-state index is 0.0274. The fraction of sp³-hybridized carbons (Fsp3) is 0.0517. The first-order valence-electron chi connectivity index (χ1n) is 24.0. The number of aromatic nitrogens is 4. The molecule has 0 amide bonds. The van der Waals surface area contributed by atoms with Gasteiger partial charge in [-0.2, -0.15) is 5.10 Å². The van der Waals surface area contributed by atoms with E-state index >= 15 is 79.0 Å². The molecule has 3 aromatic heterocycles. The van der Waals surface area contributed by atoms with Crippen LogP contribution in [0.25, 0.3) is 78.7 Å². The Morgan fingerprint density at radius 3 is 1.02 bits per heavy atom. The van der Waals surface area contributed by atoms with Crippen LogP contribution in [0.2, 0.25) is 0 Å². The maximum Gasteiger partial charge on any atom is 0.200 e. The second-order valence-corrected chi connectivity index (χ2v) is 18.9. The van der Waals surface area contributed by atoms with Gasteiger partial charge in [0.1, 0.15) is 6.04 Å². The molecular formula is C58H22F20N6. The molecule has 12 rings (SSSR count). The van der Waals surface area contributed by atoms with Crippen molar-refractivity contribution in [1.82, 2.24) is 19.9 Å². The number of nitrogens with zero attached hydrogens (tertiary/aromatic N) is 4. The summed E-state index contributed by atoms with van der Waals surface area (Å²) in [5.41, 5.74) is -20.5. The van der Waals surface area contributed by atoms with Crippen LogP contribution in [0.1, 0.15) is 45.9 Å². The number of fused-ring (bicyclic) bond motifs is 11. The van der Waals surface area contributed by atoms with Gasteiger partial charge >= 0.3 is 0 Å². The maximum absolute atomic E-state index is 16.9. The highest BCUT2D eigenvalue weighted by Crippen LogP contribution is 2.55. The Kier molecular flexibility index (Phi) is 12.9. The van der Waals surface area contributed by atoms with Gasteiger partial charge in [0.25, 0.3) is 0 Å². The van der Waals surface area contributed by atoms with Crippen molar-refractivity contribution in [2.24, 2.45) is 5.10 Å². The van der Waals surface area contributed by atoms with Crippen LogP contribution in [0, 0.1) is 123 Å². The second kappa shape index (κ2) is 19.7. The van der Waals surface area contributed by atoms with Crippen molar-refractivity contribution < 1.29 is 87.8 Å². The van der Waals surface area contributed by atoms with Crippen molar-refractivity contribution in [3.05, 3.63) is 229 Å². The number of hydrogen-bond donors (Lipinski definition) is 2.